The first-order valence-electron chi connectivity index (χ1n) is 34.9. The van der Waals surface area contributed by atoms with E-state index in [0.29, 0.717) is 113 Å². The number of aromatic hydroxyl groups is 1. The highest BCUT2D eigenvalue weighted by Gasteiger charge is 2.37. The summed E-state index contributed by atoms with van der Waals surface area (Å²) in [7, 11) is 0. The number of rotatable bonds is 36. The van der Waals surface area contributed by atoms with Crippen molar-refractivity contribution in [1.29, 1.82) is 5.26 Å². The Morgan fingerprint density at radius 3 is 1.11 bits per heavy atom. The van der Waals surface area contributed by atoms with E-state index in [2.05, 4.69) is 30.5 Å². The fourth-order valence-electron chi connectivity index (χ4n) is 9.37. The Hall–Kier alpha value is -10.6. The number of nitriles is 1. The molecule has 2 heterocycles. The molecule has 0 atom stereocenters. The number of amides is 5. The minimum atomic E-state index is -1.28. The zero-order valence-corrected chi connectivity index (χ0v) is 64.3. The lowest BCUT2D eigenvalue weighted by molar-refractivity contribution is -0.201. The van der Waals surface area contributed by atoms with Crippen LogP contribution >= 0.6 is 15.9 Å². The SMILES string of the molecule is CC(C)(C)OC(=O)CCN(CCC(=O)OC(C)(C)C)Cc1ccccc1.CCOC(=O)CCBr.CCOC(=O)CCN(CCC(C)=O)Cc1ccccc1.N#C/C(=C\c1ccc(O)cc1)C(=O)N(CC(=O)ON1C(=O)CCC1=O)CC(=O)ON1C(=O)CCC1=O.O=C(O)CCN(CCC(=O)O)Cc1ccccc1. The molecule has 588 valence electrons. The van der Waals surface area contributed by atoms with E-state index >= 15 is 0 Å². The number of esters is 4. The number of hydroxylamine groups is 4. The Kier molecular flexibility index (Phi) is 44.0. The van der Waals surface area contributed by atoms with Crippen molar-refractivity contribution >= 4 is 105 Å². The second-order valence-corrected chi connectivity index (χ2v) is 26.8. The van der Waals surface area contributed by atoms with Crippen LogP contribution in [0.1, 0.15) is 155 Å². The summed E-state index contributed by atoms with van der Waals surface area (Å²) in [6, 6.07) is 36.7. The van der Waals surface area contributed by atoms with E-state index in [9.17, 15) is 77.5 Å². The number of hydrogen-bond acceptors (Lipinski definition) is 25. The highest BCUT2D eigenvalue weighted by molar-refractivity contribution is 9.09. The Labute approximate surface area is 637 Å². The molecule has 2 aliphatic rings. The molecule has 4 aromatic rings. The van der Waals surface area contributed by atoms with E-state index in [0.717, 1.165) is 23.7 Å². The van der Waals surface area contributed by atoms with Gasteiger partial charge in [-0.1, -0.05) is 119 Å². The molecule has 0 unspecified atom stereocenters. The number of benzene rings is 4. The normalized spacial score (nSPS) is 12.5. The van der Waals surface area contributed by atoms with E-state index in [1.165, 1.54) is 29.8 Å². The summed E-state index contributed by atoms with van der Waals surface area (Å²) in [6.45, 7) is 20.3. The van der Waals surface area contributed by atoms with Gasteiger partial charge in [-0.25, -0.2) is 9.59 Å². The predicted octanol–water partition coefficient (Wildman–Crippen LogP) is 8.49. The zero-order chi connectivity index (χ0) is 80.8. The Morgan fingerprint density at radius 1 is 0.481 bits per heavy atom. The molecule has 108 heavy (non-hydrogen) atoms. The van der Waals surface area contributed by atoms with Crippen LogP contribution in [0, 0.1) is 11.3 Å². The number of phenolic OH excluding ortho intramolecular Hbond substituents is 1. The molecule has 0 aliphatic carbocycles. The molecule has 0 aromatic heterocycles. The fourth-order valence-corrected chi connectivity index (χ4v) is 9.70. The summed E-state index contributed by atoms with van der Waals surface area (Å²) >= 11 is 3.12. The number of carboxylic acid groups (broad SMARTS) is 2. The van der Waals surface area contributed by atoms with Crippen molar-refractivity contribution in [3.63, 3.8) is 0 Å². The maximum atomic E-state index is 13.0. The number of halogens is 1. The van der Waals surface area contributed by atoms with Crippen LogP contribution in [0.2, 0.25) is 0 Å². The van der Waals surface area contributed by atoms with Crippen molar-refractivity contribution in [3.8, 4) is 11.8 Å². The van der Waals surface area contributed by atoms with Gasteiger partial charge in [0.1, 0.15) is 47.5 Å². The molecule has 6 rings (SSSR count). The van der Waals surface area contributed by atoms with E-state index in [1.54, 1.807) is 26.8 Å². The molecule has 3 N–H and O–H groups in total. The molecule has 0 bridgehead atoms. The summed E-state index contributed by atoms with van der Waals surface area (Å²) < 4.78 is 20.3. The van der Waals surface area contributed by atoms with E-state index in [1.807, 2.05) is 137 Å². The summed E-state index contributed by atoms with van der Waals surface area (Å²) in [4.78, 5) is 179. The van der Waals surface area contributed by atoms with E-state index in [4.69, 9.17) is 34.1 Å². The number of ether oxygens (including phenoxy) is 4. The first-order chi connectivity index (χ1) is 51.0. The van der Waals surface area contributed by atoms with Crippen LogP contribution in [-0.4, -0.2) is 210 Å². The lowest BCUT2D eigenvalue weighted by atomic mass is 10.1. The number of hydrogen-bond donors (Lipinski definition) is 3. The van der Waals surface area contributed by atoms with Crippen LogP contribution in [0.25, 0.3) is 6.08 Å². The van der Waals surface area contributed by atoms with Crippen LogP contribution in [0.15, 0.2) is 121 Å². The van der Waals surface area contributed by atoms with Gasteiger partial charge in [-0.05, 0) is 103 Å². The number of phenols is 1. The van der Waals surface area contributed by atoms with Crippen LogP contribution in [0.4, 0.5) is 0 Å². The maximum absolute atomic E-state index is 13.0. The third-order valence-electron chi connectivity index (χ3n) is 14.3. The molecule has 0 spiro atoms. The molecule has 2 saturated heterocycles. The van der Waals surface area contributed by atoms with E-state index < -0.39 is 83.3 Å². The first-order valence-corrected chi connectivity index (χ1v) is 36.0. The molecule has 31 heteroatoms. The molecular formula is C77H100BrN7O23. The minimum absolute atomic E-state index is 0.0203. The van der Waals surface area contributed by atoms with Crippen LogP contribution in [0.5, 0.6) is 5.75 Å². The minimum Gasteiger partial charge on any atom is -0.508 e. The van der Waals surface area contributed by atoms with Gasteiger partial charge in [0.25, 0.3) is 29.5 Å². The van der Waals surface area contributed by atoms with Gasteiger partial charge in [-0.2, -0.15) is 5.26 Å². The van der Waals surface area contributed by atoms with Crippen molar-refractivity contribution < 1.29 is 111 Å². The average molecular weight is 1570 g/mol. The number of ketones is 1. The topological polar surface area (TPSA) is 398 Å². The van der Waals surface area contributed by atoms with Gasteiger partial charge in [-0.3, -0.25) is 72.2 Å². The number of aliphatic carboxylic acids is 2. The molecule has 30 nitrogen and oxygen atoms in total. The molecule has 0 saturated carbocycles. The number of alkyl halides is 1. The zero-order valence-electron chi connectivity index (χ0n) is 62.7. The smallest absolute Gasteiger partial charge is 0.352 e. The van der Waals surface area contributed by atoms with Crippen molar-refractivity contribution in [2.24, 2.45) is 0 Å². The summed E-state index contributed by atoms with van der Waals surface area (Å²) in [5.74, 6) is -9.24. The van der Waals surface area contributed by atoms with Gasteiger partial charge in [0.05, 0.1) is 51.7 Å². The third kappa shape index (κ3) is 43.2. The number of Topliss-reactive ketones (excluding diaryl/α,β-unsaturated/α-hetero) is 1. The summed E-state index contributed by atoms with van der Waals surface area (Å²) in [5.41, 5.74) is 2.18. The predicted molar refractivity (Wildman–Crippen MR) is 395 cm³/mol. The third-order valence-corrected chi connectivity index (χ3v) is 14.7. The summed E-state index contributed by atoms with van der Waals surface area (Å²) in [5, 5.41) is 37.4. The first kappa shape index (κ1) is 93.5. The van der Waals surface area contributed by atoms with Crippen molar-refractivity contribution in [3.05, 3.63) is 143 Å². The van der Waals surface area contributed by atoms with Gasteiger partial charge in [0.2, 0.25) is 0 Å². The summed E-state index contributed by atoms with van der Waals surface area (Å²) in [6.07, 6.45) is 2.38. The van der Waals surface area contributed by atoms with Crippen LogP contribution in [-0.2, 0) is 115 Å². The molecule has 2 fully saturated rings. The molecule has 4 aromatic carbocycles. The average Bonchev–Trinajstić information content (AvgIpc) is 1.59. The quantitative estimate of drug-likeness (QED) is 0.00959. The van der Waals surface area contributed by atoms with Crippen molar-refractivity contribution in [2.75, 3.05) is 70.9 Å². The molecule has 5 amide bonds. The number of carboxylic acids is 2. The number of carbonyl (C=O) groups excluding carboxylic acids is 12. The lowest BCUT2D eigenvalue weighted by Gasteiger charge is -2.25. The number of nitrogens with zero attached hydrogens (tertiary/aromatic N) is 7. The van der Waals surface area contributed by atoms with Crippen molar-refractivity contribution in [1.82, 2.24) is 29.7 Å². The Bertz CT molecular complexity index is 3510. The standard InChI is InChI=1S/C22H18N4O10.C21H33NO4.C16H23NO3.C13H17NO4.C5H9BrO2/c23-10-14(9-13-1-3-15(27)4-2-13)22(34)24(11-20(32)35-25-16(28)5-6-17(25)29)12-21(33)36-26-18(30)7-8-19(26)31;1-20(2,3)25-18(23)12-14-22(16-17-10-8-7-9-11-17)15-13-19(24)26-21(4,5)6;1-3-20-16(19)10-12-17(11-9-14(2)18)13-15-7-5-4-6-8-15;15-12(16)6-8-14(9-7-13(17)18)10-11-4-2-1-3-5-11;1-2-8-5(7)3-4-6/h1-4,9,27H,5-8,11-12H2;7-11H,12-16H2,1-6H3;4-8H,3,9-13H2,1-2H3;1-5H,6-10H2,(H,15,16)(H,17,18);2-4H2,1H3/b14-9+;;;;. The van der Waals surface area contributed by atoms with Gasteiger partial charge < -0.3 is 48.8 Å². The monoisotopic (exact) mass is 1570 g/mol. The Balaban J connectivity index is 0.000000488. The molecule has 0 radical (unpaired) electrons. The largest absolute Gasteiger partial charge is 0.508 e. The van der Waals surface area contributed by atoms with Crippen LogP contribution < -0.4 is 0 Å². The van der Waals surface area contributed by atoms with Gasteiger partial charge in [-0.15, -0.1) is 10.1 Å². The molecule has 2 aliphatic heterocycles. The number of imide groups is 2. The maximum Gasteiger partial charge on any atom is 0.352 e. The van der Waals surface area contributed by atoms with Crippen LogP contribution in [0.3, 0.4) is 0 Å². The van der Waals surface area contributed by atoms with Crippen molar-refractivity contribution in [2.45, 2.75) is 164 Å². The highest BCUT2D eigenvalue weighted by Crippen LogP contribution is 2.19. The Morgan fingerprint density at radius 2 is 0.806 bits per heavy atom. The second-order valence-electron chi connectivity index (χ2n) is 26.0. The lowest BCUT2D eigenvalue weighted by Crippen LogP contribution is -2.45. The van der Waals surface area contributed by atoms with Gasteiger partial charge in [0, 0.05) is 96.3 Å². The fraction of sp³-hybridized carbons (Fsp3) is 0.468. The number of carbonyl (C=O) groups is 14. The molecular weight excluding hydrogens is 1470 g/mol. The van der Waals surface area contributed by atoms with Gasteiger partial charge >= 0.3 is 47.8 Å². The second kappa shape index (κ2) is 50.9. The highest BCUT2D eigenvalue weighted by atomic mass is 79.9. The van der Waals surface area contributed by atoms with Gasteiger partial charge in [0.15, 0.2) is 0 Å². The van der Waals surface area contributed by atoms with E-state index in [-0.39, 0.29) is 84.1 Å².